The molecule has 1 heterocycles. The van der Waals surface area contributed by atoms with Gasteiger partial charge in [-0.05, 0) is 49.1 Å². The molecule has 2 aromatic carbocycles. The van der Waals surface area contributed by atoms with Crippen molar-refractivity contribution in [3.8, 4) is 0 Å². The lowest BCUT2D eigenvalue weighted by Crippen LogP contribution is -2.58. The number of benzene rings is 2. The molecule has 1 aliphatic carbocycles. The van der Waals surface area contributed by atoms with Crippen LogP contribution in [0.1, 0.15) is 64.7 Å². The number of rotatable bonds is 5. The molecule has 9 heteroatoms. The van der Waals surface area contributed by atoms with Gasteiger partial charge in [0.05, 0.1) is 12.3 Å². The Labute approximate surface area is 198 Å². The topological polar surface area (TPSA) is 104 Å². The van der Waals surface area contributed by atoms with Crippen LogP contribution >= 0.6 is 11.6 Å². The zero-order chi connectivity index (χ0) is 23.9. The molecule has 7 nitrogen and oxygen atoms in total. The third-order valence-electron chi connectivity index (χ3n) is 6.55. The number of sulfonamides is 1. The molecule has 1 aliphatic heterocycles. The van der Waals surface area contributed by atoms with Gasteiger partial charge in [0.15, 0.2) is 0 Å². The molecule has 33 heavy (non-hydrogen) atoms. The molecule has 2 aliphatic rings. The Morgan fingerprint density at radius 2 is 1.79 bits per heavy atom. The van der Waals surface area contributed by atoms with E-state index < -0.39 is 40.0 Å². The number of amides is 1. The maximum Gasteiger partial charge on any atom is 0.313 e. The van der Waals surface area contributed by atoms with E-state index in [2.05, 4.69) is 4.72 Å². The summed E-state index contributed by atoms with van der Waals surface area (Å²) >= 11 is 6.08. The van der Waals surface area contributed by atoms with Gasteiger partial charge in [-0.25, -0.2) is 13.1 Å². The van der Waals surface area contributed by atoms with Crippen molar-refractivity contribution < 1.29 is 23.1 Å². The Kier molecular flexibility index (Phi) is 6.53. The highest BCUT2D eigenvalue weighted by Crippen LogP contribution is 2.46. The fraction of sp³-hybridized carbons (Fsp3) is 0.417. The number of nitrogens with one attached hydrogen (secondary N) is 1. The van der Waals surface area contributed by atoms with Crippen molar-refractivity contribution in [3.05, 3.63) is 69.7 Å². The number of carbonyl (C=O) groups excluding carboxylic acids is 1. The van der Waals surface area contributed by atoms with Crippen LogP contribution in [0.25, 0.3) is 0 Å². The summed E-state index contributed by atoms with van der Waals surface area (Å²) in [6, 6.07) is 10.3. The molecule has 1 saturated carbocycles. The predicted octanol–water partition coefficient (Wildman–Crippen LogP) is 3.87. The summed E-state index contributed by atoms with van der Waals surface area (Å²) in [5.41, 5.74) is 2.33. The summed E-state index contributed by atoms with van der Waals surface area (Å²) in [7, 11) is -3.52. The first-order chi connectivity index (χ1) is 15.6. The van der Waals surface area contributed by atoms with Crippen molar-refractivity contribution >= 4 is 33.5 Å². The molecular weight excluding hydrogens is 464 g/mol. The number of hydrogen-bond acceptors (Lipinski definition) is 4. The van der Waals surface area contributed by atoms with Gasteiger partial charge in [-0.3, -0.25) is 9.59 Å². The summed E-state index contributed by atoms with van der Waals surface area (Å²) in [4.78, 5) is 28.2. The zero-order valence-electron chi connectivity index (χ0n) is 18.5. The quantitative estimate of drug-likeness (QED) is 0.662. The summed E-state index contributed by atoms with van der Waals surface area (Å²) in [6.07, 6.45) is 3.91. The number of fused-ring (bicyclic) bond motifs is 1. The van der Waals surface area contributed by atoms with Crippen LogP contribution in [-0.4, -0.2) is 48.6 Å². The number of aryl methyl sites for hydroxylation is 1. The minimum atomic E-state index is -3.52. The molecule has 0 saturated heterocycles. The smallest absolute Gasteiger partial charge is 0.313 e. The van der Waals surface area contributed by atoms with E-state index in [1.807, 2.05) is 13.0 Å². The van der Waals surface area contributed by atoms with Gasteiger partial charge in [-0.1, -0.05) is 54.3 Å². The molecule has 0 radical (unpaired) electrons. The number of carbonyl (C=O) groups is 2. The zero-order valence-corrected chi connectivity index (χ0v) is 20.1. The minimum Gasteiger partial charge on any atom is -0.481 e. The van der Waals surface area contributed by atoms with Crippen molar-refractivity contribution in [2.24, 2.45) is 0 Å². The van der Waals surface area contributed by atoms with Gasteiger partial charge in [0.25, 0.3) is 5.91 Å². The Bertz CT molecular complexity index is 1180. The molecule has 2 aromatic rings. The maximum absolute atomic E-state index is 13.9. The monoisotopic (exact) mass is 490 g/mol. The van der Waals surface area contributed by atoms with Crippen molar-refractivity contribution in [2.75, 3.05) is 6.26 Å². The summed E-state index contributed by atoms with van der Waals surface area (Å²) in [5, 5.41) is 10.8. The van der Waals surface area contributed by atoms with Crippen molar-refractivity contribution in [3.63, 3.8) is 0 Å². The number of halogens is 1. The van der Waals surface area contributed by atoms with Crippen LogP contribution < -0.4 is 4.72 Å². The summed E-state index contributed by atoms with van der Waals surface area (Å²) < 4.78 is 26.9. The normalized spacial score (nSPS) is 25.5. The van der Waals surface area contributed by atoms with Crippen molar-refractivity contribution in [1.82, 2.24) is 9.62 Å². The average molecular weight is 491 g/mol. The molecule has 0 aromatic heterocycles. The van der Waals surface area contributed by atoms with Gasteiger partial charge in [-0.2, -0.15) is 0 Å². The van der Waals surface area contributed by atoms with Crippen LogP contribution in [0.5, 0.6) is 0 Å². The lowest BCUT2D eigenvalue weighted by atomic mass is 9.76. The molecule has 0 bridgehead atoms. The van der Waals surface area contributed by atoms with Gasteiger partial charge >= 0.3 is 5.97 Å². The number of aliphatic carboxylic acids is 1. The van der Waals surface area contributed by atoms with E-state index >= 15 is 0 Å². The van der Waals surface area contributed by atoms with E-state index in [1.165, 1.54) is 0 Å². The van der Waals surface area contributed by atoms with E-state index in [-0.39, 0.29) is 5.91 Å². The van der Waals surface area contributed by atoms with Crippen LogP contribution in [0.2, 0.25) is 5.02 Å². The SMILES string of the molecule is Cc1ccc2c(c1)C(=O)N([C@H]1CCCC[C@@H]1NS(C)(=O)=O)[C@@H](c1ccc(Cl)cc1)[C@@H]2C(=O)O. The second kappa shape index (κ2) is 9.08. The lowest BCUT2D eigenvalue weighted by molar-refractivity contribution is -0.141. The fourth-order valence-corrected chi connectivity index (χ4v) is 6.17. The molecule has 2 N–H and O–H groups in total. The standard InChI is InChI=1S/C24H27ClN2O5S/c1-14-7-12-17-18(13-14)23(28)27(20-6-4-3-5-19(20)26-33(2,31)32)22(21(17)24(29)30)15-8-10-16(25)11-9-15/h7-13,19-22,26H,3-6H2,1-2H3,(H,29,30)/t19-,20-,21+,22-/m0/s1. The molecule has 1 amide bonds. The van der Waals surface area contributed by atoms with E-state index in [1.54, 1.807) is 41.3 Å². The largest absolute Gasteiger partial charge is 0.481 e. The van der Waals surface area contributed by atoms with Gasteiger partial charge in [0.1, 0.15) is 5.92 Å². The number of carboxylic acid groups (broad SMARTS) is 1. The molecule has 1 fully saturated rings. The van der Waals surface area contributed by atoms with Gasteiger partial charge < -0.3 is 10.0 Å². The highest BCUT2D eigenvalue weighted by molar-refractivity contribution is 7.88. The second-order valence-corrected chi connectivity index (χ2v) is 11.2. The number of carboxylic acids is 1. The van der Waals surface area contributed by atoms with Crippen molar-refractivity contribution in [1.29, 1.82) is 0 Å². The summed E-state index contributed by atoms with van der Waals surface area (Å²) in [5.74, 6) is -2.32. The predicted molar refractivity (Wildman–Crippen MR) is 126 cm³/mol. The van der Waals surface area contributed by atoms with Crippen LogP contribution in [0.4, 0.5) is 0 Å². The van der Waals surface area contributed by atoms with Gasteiger partial charge in [0.2, 0.25) is 10.0 Å². The van der Waals surface area contributed by atoms with Crippen molar-refractivity contribution in [2.45, 2.75) is 56.7 Å². The van der Waals surface area contributed by atoms with Gasteiger partial charge in [0, 0.05) is 22.7 Å². The lowest BCUT2D eigenvalue weighted by Gasteiger charge is -2.48. The Balaban J connectivity index is 1.91. The molecule has 4 rings (SSSR count). The molecule has 0 spiro atoms. The molecule has 4 atom stereocenters. The third-order valence-corrected chi connectivity index (χ3v) is 7.54. The first-order valence-electron chi connectivity index (χ1n) is 11.0. The fourth-order valence-electron chi connectivity index (χ4n) is 5.22. The van der Waals surface area contributed by atoms with Gasteiger partial charge in [-0.15, -0.1) is 0 Å². The number of hydrogen-bond donors (Lipinski definition) is 2. The highest BCUT2D eigenvalue weighted by Gasteiger charge is 2.49. The Hall–Kier alpha value is -2.42. The first-order valence-corrected chi connectivity index (χ1v) is 13.2. The van der Waals surface area contributed by atoms with E-state index in [0.29, 0.717) is 34.6 Å². The Morgan fingerprint density at radius 1 is 1.12 bits per heavy atom. The first kappa shape index (κ1) is 23.7. The molecular formula is C24H27ClN2O5S. The molecule has 176 valence electrons. The number of nitrogens with zero attached hydrogens (tertiary/aromatic N) is 1. The maximum atomic E-state index is 13.9. The Morgan fingerprint density at radius 3 is 2.42 bits per heavy atom. The third kappa shape index (κ3) is 4.78. The highest BCUT2D eigenvalue weighted by atomic mass is 35.5. The molecule has 0 unspecified atom stereocenters. The van der Waals surface area contributed by atoms with E-state index in [9.17, 15) is 23.1 Å². The van der Waals surface area contributed by atoms with E-state index in [4.69, 9.17) is 11.6 Å². The second-order valence-electron chi connectivity index (χ2n) is 8.96. The van der Waals surface area contributed by atoms with E-state index in [0.717, 1.165) is 24.7 Å². The van der Waals surface area contributed by atoms with Crippen LogP contribution in [-0.2, 0) is 14.8 Å². The average Bonchev–Trinajstić information content (AvgIpc) is 2.74. The summed E-state index contributed by atoms with van der Waals surface area (Å²) in [6.45, 7) is 1.85. The minimum absolute atomic E-state index is 0.279. The van der Waals surface area contributed by atoms with Crippen LogP contribution in [0, 0.1) is 6.92 Å². The van der Waals surface area contributed by atoms with Crippen LogP contribution in [0.15, 0.2) is 42.5 Å². The van der Waals surface area contributed by atoms with Crippen LogP contribution in [0.3, 0.4) is 0 Å².